The minimum Gasteiger partial charge on any atom is -0.398 e. The van der Waals surface area contributed by atoms with Crippen LogP contribution in [0.3, 0.4) is 0 Å². The van der Waals surface area contributed by atoms with Crippen molar-refractivity contribution in [3.63, 3.8) is 0 Å². The minimum atomic E-state index is -0.343. The van der Waals surface area contributed by atoms with Gasteiger partial charge in [0.25, 0.3) is 5.56 Å². The molecule has 0 bridgehead atoms. The summed E-state index contributed by atoms with van der Waals surface area (Å²) in [6.07, 6.45) is 16.1. The maximum absolute atomic E-state index is 12.3. The Balaban J connectivity index is 0.00000298. The van der Waals surface area contributed by atoms with E-state index in [0.29, 0.717) is 17.0 Å². The fourth-order valence-corrected chi connectivity index (χ4v) is 3.52. The fourth-order valence-electron chi connectivity index (χ4n) is 3.52. The van der Waals surface area contributed by atoms with Crippen molar-refractivity contribution in [2.24, 2.45) is 5.73 Å². The summed E-state index contributed by atoms with van der Waals surface area (Å²) in [6.45, 7) is 21.3. The first-order chi connectivity index (χ1) is 16.9. The molecule has 3 N–H and O–H groups in total. The highest BCUT2D eigenvalue weighted by molar-refractivity contribution is 5.75. The van der Waals surface area contributed by atoms with Crippen LogP contribution in [0.25, 0.3) is 11.3 Å². The van der Waals surface area contributed by atoms with Crippen LogP contribution in [0.1, 0.15) is 45.4 Å². The lowest BCUT2D eigenvalue weighted by molar-refractivity contribution is 0.155. The number of hydrogen-bond donors (Lipinski definition) is 2. The number of aromatic amines is 1. The molecule has 1 aliphatic heterocycles. The number of H-pyrrole nitrogens is 1. The molecule has 0 saturated carbocycles. The van der Waals surface area contributed by atoms with Crippen molar-refractivity contribution in [2.75, 3.05) is 39.8 Å². The van der Waals surface area contributed by atoms with Crippen LogP contribution in [-0.2, 0) is 0 Å². The molecular formula is C29H43N5O. The lowest BCUT2D eigenvalue weighted by Gasteiger charge is -2.32. The number of aromatic nitrogens is 2. The summed E-state index contributed by atoms with van der Waals surface area (Å²) in [7, 11) is 2.17. The van der Waals surface area contributed by atoms with E-state index in [9.17, 15) is 4.79 Å². The van der Waals surface area contributed by atoms with Gasteiger partial charge in [0.2, 0.25) is 0 Å². The van der Waals surface area contributed by atoms with Crippen LogP contribution in [0.5, 0.6) is 0 Å². The van der Waals surface area contributed by atoms with E-state index in [1.54, 1.807) is 18.2 Å². The van der Waals surface area contributed by atoms with E-state index in [1.165, 1.54) is 5.57 Å². The first-order valence-electron chi connectivity index (χ1n) is 12.3. The molecule has 6 nitrogen and oxygen atoms in total. The van der Waals surface area contributed by atoms with Crippen LogP contribution in [0.2, 0.25) is 0 Å². The summed E-state index contributed by atoms with van der Waals surface area (Å²) in [5.41, 5.74) is 10.0. The topological polar surface area (TPSA) is 78.2 Å². The second-order valence-electron chi connectivity index (χ2n) is 8.12. The smallest absolute Gasteiger partial charge is 0.273 e. The molecule has 1 fully saturated rings. The Kier molecular flexibility index (Phi) is 14.0. The van der Waals surface area contributed by atoms with Gasteiger partial charge in [0.1, 0.15) is 0 Å². The van der Waals surface area contributed by atoms with Gasteiger partial charge in [-0.25, -0.2) is 5.10 Å². The fraction of sp³-hybridized carbons (Fsp3) is 0.379. The Hall–Kier alpha value is -3.22. The molecule has 1 saturated heterocycles. The van der Waals surface area contributed by atoms with Gasteiger partial charge in [-0.15, -0.1) is 0 Å². The molecule has 1 aromatic rings. The van der Waals surface area contributed by atoms with Gasteiger partial charge >= 0.3 is 0 Å². The molecule has 0 radical (unpaired) electrons. The number of allylic oxidation sites excluding steroid dienone is 10. The van der Waals surface area contributed by atoms with Gasteiger partial charge in [0.15, 0.2) is 0 Å². The number of nitrogens with one attached hydrogen (secondary N) is 1. The van der Waals surface area contributed by atoms with Crippen LogP contribution < -0.4 is 11.3 Å². The maximum Gasteiger partial charge on any atom is 0.273 e. The Morgan fingerprint density at radius 1 is 1.17 bits per heavy atom. The van der Waals surface area contributed by atoms with Crippen LogP contribution in [0.15, 0.2) is 83.8 Å². The van der Waals surface area contributed by atoms with Crippen LogP contribution in [-0.4, -0.2) is 59.8 Å². The molecule has 0 aliphatic carbocycles. The summed E-state index contributed by atoms with van der Waals surface area (Å²) in [5, 5.41) is 6.66. The van der Waals surface area contributed by atoms with Crippen molar-refractivity contribution in [1.82, 2.24) is 20.0 Å². The molecule has 0 amide bonds. The molecule has 0 atom stereocenters. The molecule has 0 aromatic carbocycles. The minimum absolute atomic E-state index is 0.340. The zero-order chi connectivity index (χ0) is 26.2. The first-order valence-corrected chi connectivity index (χ1v) is 12.3. The molecule has 6 heteroatoms. The Labute approximate surface area is 211 Å². The van der Waals surface area contributed by atoms with E-state index >= 15 is 0 Å². The molecule has 0 spiro atoms. The Bertz CT molecular complexity index is 1030. The second kappa shape index (κ2) is 16.4. The molecule has 0 unspecified atom stereocenters. The maximum atomic E-state index is 12.3. The van der Waals surface area contributed by atoms with Gasteiger partial charge in [-0.2, -0.15) is 5.10 Å². The van der Waals surface area contributed by atoms with E-state index < -0.39 is 0 Å². The number of nitrogens with two attached hydrogens (primary N) is 1. The largest absolute Gasteiger partial charge is 0.398 e. The van der Waals surface area contributed by atoms with E-state index in [-0.39, 0.29) is 5.56 Å². The first kappa shape index (κ1) is 29.8. The highest BCUT2D eigenvalue weighted by Crippen LogP contribution is 2.16. The van der Waals surface area contributed by atoms with Crippen molar-refractivity contribution < 1.29 is 0 Å². The van der Waals surface area contributed by atoms with Crippen LogP contribution in [0, 0.1) is 0 Å². The molecule has 2 heterocycles. The van der Waals surface area contributed by atoms with Gasteiger partial charge in [-0.05, 0) is 45.0 Å². The van der Waals surface area contributed by atoms with Crippen molar-refractivity contribution in [3.05, 3.63) is 101 Å². The van der Waals surface area contributed by atoms with E-state index in [1.807, 2.05) is 52.0 Å². The average Bonchev–Trinajstić information content (AvgIpc) is 2.86. The Morgan fingerprint density at radius 3 is 2.46 bits per heavy atom. The number of likely N-dealkylation sites (N-methyl/N-ethyl adjacent to an activating group) is 1. The zero-order valence-corrected chi connectivity index (χ0v) is 22.2. The van der Waals surface area contributed by atoms with E-state index in [0.717, 1.165) is 50.3 Å². The third-order valence-electron chi connectivity index (χ3n) is 5.59. The SMILES string of the molecule is C=C/C=C(\C=C/C)c1cc(/C(N)=C/C(=C)/C=C\C(=C/C)CCN2CCN(C)CC2)c(=O)[nH]n1.CC. The number of rotatable bonds is 10. The van der Waals surface area contributed by atoms with Crippen molar-refractivity contribution in [3.8, 4) is 0 Å². The molecular weight excluding hydrogens is 434 g/mol. The monoisotopic (exact) mass is 477 g/mol. The van der Waals surface area contributed by atoms with E-state index in [2.05, 4.69) is 52.4 Å². The zero-order valence-electron chi connectivity index (χ0n) is 22.2. The summed E-state index contributed by atoms with van der Waals surface area (Å²) < 4.78 is 0. The molecule has 190 valence electrons. The van der Waals surface area contributed by atoms with Gasteiger partial charge in [0, 0.05) is 44.0 Å². The summed E-state index contributed by atoms with van der Waals surface area (Å²) >= 11 is 0. The van der Waals surface area contributed by atoms with Gasteiger partial charge in [-0.3, -0.25) is 4.79 Å². The summed E-state index contributed by atoms with van der Waals surface area (Å²) in [6, 6.07) is 1.68. The third kappa shape index (κ3) is 10.3. The highest BCUT2D eigenvalue weighted by atomic mass is 16.1. The predicted molar refractivity (Wildman–Crippen MR) is 152 cm³/mol. The highest BCUT2D eigenvalue weighted by Gasteiger charge is 2.13. The number of piperazine rings is 1. The van der Waals surface area contributed by atoms with Gasteiger partial charge in [-0.1, -0.05) is 75.1 Å². The Morgan fingerprint density at radius 2 is 1.86 bits per heavy atom. The van der Waals surface area contributed by atoms with Gasteiger partial charge in [0.05, 0.1) is 11.3 Å². The second-order valence-corrected chi connectivity index (χ2v) is 8.12. The standard InChI is InChI=1S/C27H37N5O.C2H6/c1-6-9-23(10-7-2)26-20-24(27(33)30-29-26)25(28)19-21(4)11-12-22(8-3)13-14-32-17-15-31(5)16-18-32;1-2/h6-12,19-20H,1,4,13-18,28H2,2-3,5H3,(H,30,33);1-2H3/b10-7-,12-11-,22-8+,23-9+,25-19-;. The van der Waals surface area contributed by atoms with Gasteiger partial charge < -0.3 is 15.5 Å². The average molecular weight is 478 g/mol. The predicted octanol–water partition coefficient (Wildman–Crippen LogP) is 4.94. The number of nitrogens with zero attached hydrogens (tertiary/aromatic N) is 3. The lowest BCUT2D eigenvalue weighted by Crippen LogP contribution is -2.44. The van der Waals surface area contributed by atoms with E-state index in [4.69, 9.17) is 5.73 Å². The molecule has 35 heavy (non-hydrogen) atoms. The van der Waals surface area contributed by atoms with Crippen molar-refractivity contribution in [1.29, 1.82) is 0 Å². The molecule has 2 rings (SSSR count). The normalized spacial score (nSPS) is 16.4. The summed E-state index contributed by atoms with van der Waals surface area (Å²) in [4.78, 5) is 17.2. The van der Waals surface area contributed by atoms with Crippen molar-refractivity contribution in [2.45, 2.75) is 34.1 Å². The quantitative estimate of drug-likeness (QED) is 0.467. The third-order valence-corrected chi connectivity index (χ3v) is 5.59. The molecule has 1 aromatic heterocycles. The van der Waals surface area contributed by atoms with Crippen molar-refractivity contribution >= 4 is 11.3 Å². The molecule has 1 aliphatic rings. The summed E-state index contributed by atoms with van der Waals surface area (Å²) in [5.74, 6) is 0. The lowest BCUT2D eigenvalue weighted by atomic mass is 10.1. The van der Waals surface area contributed by atoms with Crippen LogP contribution >= 0.6 is 0 Å². The van der Waals surface area contributed by atoms with Crippen LogP contribution in [0.4, 0.5) is 0 Å². The number of hydrogen-bond acceptors (Lipinski definition) is 5.